The molecule has 0 bridgehead atoms. The third kappa shape index (κ3) is 1.32. The van der Waals surface area contributed by atoms with E-state index in [1.165, 1.54) is 14.0 Å². The van der Waals surface area contributed by atoms with Gasteiger partial charge in [-0.1, -0.05) is 11.6 Å². The van der Waals surface area contributed by atoms with Crippen LogP contribution in [0.4, 0.5) is 4.39 Å². The molecule has 1 aromatic rings. The van der Waals surface area contributed by atoms with E-state index in [9.17, 15) is 9.50 Å². The first-order chi connectivity index (χ1) is 5.57. The summed E-state index contributed by atoms with van der Waals surface area (Å²) >= 11 is 5.58. The zero-order chi connectivity index (χ0) is 9.30. The summed E-state index contributed by atoms with van der Waals surface area (Å²) in [7, 11) is 1.36. The maximum atomic E-state index is 12.9. The van der Waals surface area contributed by atoms with E-state index in [1.807, 2.05) is 0 Å². The van der Waals surface area contributed by atoms with Crippen LogP contribution in [-0.4, -0.2) is 12.2 Å². The van der Waals surface area contributed by atoms with Crippen LogP contribution >= 0.6 is 11.6 Å². The summed E-state index contributed by atoms with van der Waals surface area (Å²) in [5.74, 6) is -0.684. The second-order valence-corrected chi connectivity index (χ2v) is 2.75. The SMILES string of the molecule is COc1c(Cl)cc(F)c(C)c1O. The lowest BCUT2D eigenvalue weighted by Crippen LogP contribution is -1.90. The highest BCUT2D eigenvalue weighted by Crippen LogP contribution is 2.37. The number of benzene rings is 1. The van der Waals surface area contributed by atoms with Crippen molar-refractivity contribution in [1.29, 1.82) is 0 Å². The van der Waals surface area contributed by atoms with Crippen LogP contribution in [0, 0.1) is 12.7 Å². The van der Waals surface area contributed by atoms with Gasteiger partial charge in [0.05, 0.1) is 12.1 Å². The van der Waals surface area contributed by atoms with E-state index < -0.39 is 5.82 Å². The van der Waals surface area contributed by atoms with Gasteiger partial charge in [0.1, 0.15) is 5.82 Å². The van der Waals surface area contributed by atoms with Crippen molar-refractivity contribution >= 4 is 11.6 Å². The van der Waals surface area contributed by atoms with Gasteiger partial charge in [-0.2, -0.15) is 0 Å². The van der Waals surface area contributed by atoms with Gasteiger partial charge in [0, 0.05) is 5.56 Å². The topological polar surface area (TPSA) is 29.5 Å². The maximum absolute atomic E-state index is 12.9. The Hall–Kier alpha value is -0.960. The van der Waals surface area contributed by atoms with Gasteiger partial charge in [0.25, 0.3) is 0 Å². The average molecular weight is 191 g/mol. The Kier molecular flexibility index (Phi) is 2.43. The number of hydrogen-bond donors (Lipinski definition) is 1. The summed E-state index contributed by atoms with van der Waals surface area (Å²) in [5, 5.41) is 9.38. The molecule has 2 nitrogen and oxygen atoms in total. The molecule has 0 aliphatic carbocycles. The summed E-state index contributed by atoms with van der Waals surface area (Å²) in [6, 6.07) is 1.11. The molecule has 12 heavy (non-hydrogen) atoms. The monoisotopic (exact) mass is 190 g/mol. The highest BCUT2D eigenvalue weighted by molar-refractivity contribution is 6.32. The van der Waals surface area contributed by atoms with Crippen LogP contribution in [0.15, 0.2) is 6.07 Å². The Labute approximate surface area is 74.5 Å². The molecular weight excluding hydrogens is 183 g/mol. The predicted octanol–water partition coefficient (Wildman–Crippen LogP) is 2.50. The molecule has 0 radical (unpaired) electrons. The summed E-state index contributed by atoms with van der Waals surface area (Å²) in [6.45, 7) is 1.45. The molecule has 4 heteroatoms. The lowest BCUT2D eigenvalue weighted by atomic mass is 10.2. The lowest BCUT2D eigenvalue weighted by molar-refractivity contribution is 0.369. The molecule has 0 heterocycles. The largest absolute Gasteiger partial charge is 0.504 e. The second kappa shape index (κ2) is 3.19. The fourth-order valence-corrected chi connectivity index (χ4v) is 1.14. The maximum Gasteiger partial charge on any atom is 0.179 e. The van der Waals surface area contributed by atoms with E-state index in [0.29, 0.717) is 0 Å². The third-order valence-electron chi connectivity index (χ3n) is 1.60. The molecular formula is C8H8ClFO2. The molecule has 0 spiro atoms. The molecule has 0 saturated heterocycles. The minimum Gasteiger partial charge on any atom is -0.504 e. The van der Waals surface area contributed by atoms with Crippen molar-refractivity contribution in [2.75, 3.05) is 7.11 Å². The van der Waals surface area contributed by atoms with Crippen molar-refractivity contribution in [3.8, 4) is 11.5 Å². The molecule has 0 aromatic heterocycles. The second-order valence-electron chi connectivity index (χ2n) is 2.35. The number of halogens is 2. The fraction of sp³-hybridized carbons (Fsp3) is 0.250. The molecule has 0 fully saturated rings. The van der Waals surface area contributed by atoms with E-state index in [4.69, 9.17) is 16.3 Å². The molecule has 0 aliphatic heterocycles. The Morgan fingerprint density at radius 3 is 2.67 bits per heavy atom. The van der Waals surface area contributed by atoms with Crippen molar-refractivity contribution in [3.05, 3.63) is 22.5 Å². The van der Waals surface area contributed by atoms with Gasteiger partial charge in [-0.3, -0.25) is 0 Å². The zero-order valence-corrected chi connectivity index (χ0v) is 7.44. The molecule has 0 atom stereocenters. The molecule has 1 rings (SSSR count). The Morgan fingerprint density at radius 1 is 1.58 bits per heavy atom. The normalized spacial score (nSPS) is 10.0. The van der Waals surface area contributed by atoms with Gasteiger partial charge >= 0.3 is 0 Å². The van der Waals surface area contributed by atoms with Crippen molar-refractivity contribution < 1.29 is 14.2 Å². The quantitative estimate of drug-likeness (QED) is 0.737. The number of phenols is 1. The van der Waals surface area contributed by atoms with Crippen molar-refractivity contribution in [2.24, 2.45) is 0 Å². The summed E-state index contributed by atoms with van der Waals surface area (Å²) in [5.41, 5.74) is 0.135. The van der Waals surface area contributed by atoms with Crippen molar-refractivity contribution in [1.82, 2.24) is 0 Å². The number of phenolic OH excluding ortho intramolecular Hbond substituents is 1. The molecule has 0 saturated carbocycles. The number of aromatic hydroxyl groups is 1. The van der Waals surface area contributed by atoms with E-state index in [-0.39, 0.29) is 22.1 Å². The summed E-state index contributed by atoms with van der Waals surface area (Å²) in [6.07, 6.45) is 0. The minimum absolute atomic E-state index is 0.0677. The summed E-state index contributed by atoms with van der Waals surface area (Å²) in [4.78, 5) is 0. The van der Waals surface area contributed by atoms with Crippen molar-refractivity contribution in [2.45, 2.75) is 6.92 Å². The molecule has 0 amide bonds. The first kappa shape index (κ1) is 9.13. The highest BCUT2D eigenvalue weighted by atomic mass is 35.5. The lowest BCUT2D eigenvalue weighted by Gasteiger charge is -2.08. The number of rotatable bonds is 1. The van der Waals surface area contributed by atoms with E-state index in [1.54, 1.807) is 0 Å². The fourth-order valence-electron chi connectivity index (χ4n) is 0.876. The first-order valence-corrected chi connectivity index (χ1v) is 3.67. The van der Waals surface area contributed by atoms with E-state index >= 15 is 0 Å². The van der Waals surface area contributed by atoms with Crippen LogP contribution in [0.3, 0.4) is 0 Å². The minimum atomic E-state index is -0.543. The van der Waals surface area contributed by atoms with Gasteiger partial charge in [0.15, 0.2) is 11.5 Å². The average Bonchev–Trinajstić information content (AvgIpc) is 2.01. The van der Waals surface area contributed by atoms with Gasteiger partial charge in [-0.05, 0) is 13.0 Å². The van der Waals surface area contributed by atoms with Gasteiger partial charge in [0.2, 0.25) is 0 Å². The Bertz CT molecular complexity index is 312. The molecule has 0 unspecified atom stereocenters. The highest BCUT2D eigenvalue weighted by Gasteiger charge is 2.13. The molecule has 66 valence electrons. The van der Waals surface area contributed by atoms with Crippen LogP contribution in [-0.2, 0) is 0 Å². The van der Waals surface area contributed by atoms with Crippen molar-refractivity contribution in [3.63, 3.8) is 0 Å². The number of methoxy groups -OCH3 is 1. The standard InChI is InChI=1S/C8H8ClFO2/c1-4-6(10)3-5(9)8(12-2)7(4)11/h3,11H,1-2H3. The molecule has 0 aliphatic rings. The summed E-state index contributed by atoms with van der Waals surface area (Å²) < 4.78 is 17.6. The Balaban J connectivity index is 3.40. The van der Waals surface area contributed by atoms with Crippen LogP contribution in [0.2, 0.25) is 5.02 Å². The molecule has 1 aromatic carbocycles. The van der Waals surface area contributed by atoms with Gasteiger partial charge in [-0.15, -0.1) is 0 Å². The zero-order valence-electron chi connectivity index (χ0n) is 6.69. The van der Waals surface area contributed by atoms with Gasteiger partial charge < -0.3 is 9.84 Å². The predicted molar refractivity (Wildman–Crippen MR) is 44.4 cm³/mol. The van der Waals surface area contributed by atoms with Crippen LogP contribution in [0.1, 0.15) is 5.56 Å². The van der Waals surface area contributed by atoms with Gasteiger partial charge in [-0.25, -0.2) is 4.39 Å². The van der Waals surface area contributed by atoms with E-state index in [0.717, 1.165) is 6.07 Å². The van der Waals surface area contributed by atoms with E-state index in [2.05, 4.69) is 0 Å². The third-order valence-corrected chi connectivity index (χ3v) is 1.88. The number of ether oxygens (including phenoxy) is 1. The van der Waals surface area contributed by atoms with Crippen LogP contribution in [0.25, 0.3) is 0 Å². The smallest absolute Gasteiger partial charge is 0.179 e. The Morgan fingerprint density at radius 2 is 2.17 bits per heavy atom. The van der Waals surface area contributed by atoms with Crippen LogP contribution < -0.4 is 4.74 Å². The number of hydrogen-bond acceptors (Lipinski definition) is 2. The molecule has 1 N–H and O–H groups in total. The van der Waals surface area contributed by atoms with Crippen LogP contribution in [0.5, 0.6) is 11.5 Å². The first-order valence-electron chi connectivity index (χ1n) is 3.29.